The fourth-order valence-electron chi connectivity index (χ4n) is 3.12. The molecule has 1 heterocycles. The van der Waals surface area contributed by atoms with Crippen molar-refractivity contribution in [1.29, 1.82) is 0 Å². The second kappa shape index (κ2) is 9.30. The third kappa shape index (κ3) is 4.71. The average molecular weight is 411 g/mol. The highest BCUT2D eigenvalue weighted by Gasteiger charge is 2.14. The first-order valence-electron chi connectivity index (χ1n) is 9.59. The average Bonchev–Trinajstić information content (AvgIpc) is 2.74. The van der Waals surface area contributed by atoms with Crippen molar-refractivity contribution in [3.8, 4) is 0 Å². The summed E-state index contributed by atoms with van der Waals surface area (Å²) in [5.41, 5.74) is 2.01. The fraction of sp³-hybridized carbons (Fsp3) is 0.273. The van der Waals surface area contributed by atoms with Crippen LogP contribution in [-0.2, 0) is 22.5 Å². The third-order valence-electron chi connectivity index (χ3n) is 4.67. The zero-order chi connectivity index (χ0) is 21.7. The van der Waals surface area contributed by atoms with E-state index in [-0.39, 0.29) is 23.5 Å². The van der Waals surface area contributed by atoms with Crippen molar-refractivity contribution in [2.45, 2.75) is 26.8 Å². The fourth-order valence-corrected chi connectivity index (χ4v) is 3.12. The number of nitrogens with zero attached hydrogens (tertiary/aromatic N) is 2. The van der Waals surface area contributed by atoms with Crippen LogP contribution in [0.3, 0.4) is 0 Å². The lowest BCUT2D eigenvalue weighted by Crippen LogP contribution is -2.30. The van der Waals surface area contributed by atoms with Crippen molar-refractivity contribution < 1.29 is 18.7 Å². The van der Waals surface area contributed by atoms with Crippen LogP contribution >= 0.6 is 0 Å². The zero-order valence-electron chi connectivity index (χ0n) is 16.8. The number of carbonyl (C=O) groups is 2. The summed E-state index contributed by atoms with van der Waals surface area (Å²) in [5.74, 6) is -1.48. The lowest BCUT2D eigenvalue weighted by atomic mass is 10.1. The Kier molecular flexibility index (Phi) is 6.56. The van der Waals surface area contributed by atoms with Crippen LogP contribution in [0, 0.1) is 12.7 Å². The minimum Gasteiger partial charge on any atom is -0.452 e. The van der Waals surface area contributed by atoms with E-state index in [1.807, 2.05) is 6.92 Å². The van der Waals surface area contributed by atoms with Gasteiger partial charge in [0.25, 0.3) is 11.5 Å². The van der Waals surface area contributed by atoms with Crippen LogP contribution in [0.5, 0.6) is 0 Å². The highest BCUT2D eigenvalue weighted by atomic mass is 19.1. The van der Waals surface area contributed by atoms with Gasteiger partial charge in [-0.1, -0.05) is 18.2 Å². The topological polar surface area (TPSA) is 90.3 Å². The maximum Gasteiger partial charge on any atom is 0.338 e. The molecule has 1 aromatic heterocycles. The molecule has 0 bridgehead atoms. The molecule has 0 aliphatic heterocycles. The van der Waals surface area contributed by atoms with Crippen molar-refractivity contribution in [3.63, 3.8) is 0 Å². The molecule has 0 saturated heterocycles. The molecule has 0 aliphatic carbocycles. The molecule has 3 aromatic rings. The minimum absolute atomic E-state index is 0.174. The SMILES string of the molecule is CCn1c(=O)c(C)nc2cc(C(=O)OCC(=O)NCCc3ccccc3F)ccc21. The van der Waals surface area contributed by atoms with Gasteiger partial charge in [0, 0.05) is 13.1 Å². The summed E-state index contributed by atoms with van der Waals surface area (Å²) in [6.45, 7) is 3.73. The molecule has 7 nitrogen and oxygen atoms in total. The molecule has 1 amide bonds. The third-order valence-corrected chi connectivity index (χ3v) is 4.67. The van der Waals surface area contributed by atoms with E-state index in [0.29, 0.717) is 35.3 Å². The van der Waals surface area contributed by atoms with Crippen LogP contribution in [0.1, 0.15) is 28.5 Å². The van der Waals surface area contributed by atoms with E-state index in [1.165, 1.54) is 18.2 Å². The molecule has 2 aromatic carbocycles. The molecular formula is C22H22FN3O4. The molecule has 1 N–H and O–H groups in total. The second-order valence-electron chi connectivity index (χ2n) is 6.72. The van der Waals surface area contributed by atoms with Gasteiger partial charge in [0.05, 0.1) is 16.6 Å². The van der Waals surface area contributed by atoms with Gasteiger partial charge in [0.1, 0.15) is 11.5 Å². The molecule has 0 fully saturated rings. The Morgan fingerprint density at radius 1 is 1.20 bits per heavy atom. The Morgan fingerprint density at radius 3 is 2.70 bits per heavy atom. The molecule has 0 unspecified atom stereocenters. The maximum absolute atomic E-state index is 13.6. The number of fused-ring (bicyclic) bond motifs is 1. The van der Waals surface area contributed by atoms with E-state index < -0.39 is 18.5 Å². The molecule has 30 heavy (non-hydrogen) atoms. The Morgan fingerprint density at radius 2 is 1.97 bits per heavy atom. The summed E-state index contributed by atoms with van der Waals surface area (Å²) in [5, 5.41) is 2.59. The lowest BCUT2D eigenvalue weighted by molar-refractivity contribution is -0.124. The van der Waals surface area contributed by atoms with Crippen molar-refractivity contribution in [3.05, 3.63) is 75.5 Å². The summed E-state index contributed by atoms with van der Waals surface area (Å²) in [7, 11) is 0. The Bertz CT molecular complexity index is 1160. The van der Waals surface area contributed by atoms with E-state index in [0.717, 1.165) is 0 Å². The monoisotopic (exact) mass is 411 g/mol. The maximum atomic E-state index is 13.6. The first kappa shape index (κ1) is 21.2. The van der Waals surface area contributed by atoms with Gasteiger partial charge in [-0.15, -0.1) is 0 Å². The van der Waals surface area contributed by atoms with Crippen molar-refractivity contribution in [1.82, 2.24) is 14.9 Å². The number of aryl methyl sites for hydroxylation is 2. The van der Waals surface area contributed by atoms with Gasteiger partial charge in [0.2, 0.25) is 0 Å². The Balaban J connectivity index is 1.58. The molecule has 0 saturated carbocycles. The van der Waals surface area contributed by atoms with Gasteiger partial charge in [-0.05, 0) is 50.1 Å². The number of carbonyl (C=O) groups excluding carboxylic acids is 2. The van der Waals surface area contributed by atoms with Gasteiger partial charge in [-0.2, -0.15) is 0 Å². The molecular weight excluding hydrogens is 389 g/mol. The van der Waals surface area contributed by atoms with Gasteiger partial charge >= 0.3 is 5.97 Å². The number of benzene rings is 2. The number of amides is 1. The zero-order valence-corrected chi connectivity index (χ0v) is 16.8. The van der Waals surface area contributed by atoms with E-state index in [4.69, 9.17) is 4.74 Å². The molecule has 0 spiro atoms. The first-order chi connectivity index (χ1) is 14.4. The number of ether oxygens (including phenoxy) is 1. The number of hydrogen-bond acceptors (Lipinski definition) is 5. The molecule has 8 heteroatoms. The van der Waals surface area contributed by atoms with Crippen molar-refractivity contribution >= 4 is 22.9 Å². The van der Waals surface area contributed by atoms with Crippen LogP contribution in [0.4, 0.5) is 4.39 Å². The van der Waals surface area contributed by atoms with E-state index >= 15 is 0 Å². The van der Waals surface area contributed by atoms with Crippen LogP contribution in [-0.4, -0.2) is 34.6 Å². The van der Waals surface area contributed by atoms with Crippen molar-refractivity contribution in [2.75, 3.05) is 13.2 Å². The van der Waals surface area contributed by atoms with Crippen LogP contribution in [0.25, 0.3) is 11.0 Å². The number of halogens is 1. The second-order valence-corrected chi connectivity index (χ2v) is 6.72. The minimum atomic E-state index is -0.671. The lowest BCUT2D eigenvalue weighted by Gasteiger charge is -2.10. The normalized spacial score (nSPS) is 10.8. The highest BCUT2D eigenvalue weighted by Crippen LogP contribution is 2.14. The van der Waals surface area contributed by atoms with Gasteiger partial charge in [-0.25, -0.2) is 14.2 Å². The van der Waals surface area contributed by atoms with E-state index in [1.54, 1.807) is 35.8 Å². The molecule has 0 radical (unpaired) electrons. The standard InChI is InChI=1S/C22H22FN3O4/c1-3-26-19-9-8-16(12-18(19)25-14(2)21(26)28)22(29)30-13-20(27)24-11-10-15-6-4-5-7-17(15)23/h4-9,12H,3,10-11,13H2,1-2H3,(H,24,27). The predicted molar refractivity (Wildman–Crippen MR) is 110 cm³/mol. The first-order valence-corrected chi connectivity index (χ1v) is 9.59. The molecule has 0 atom stereocenters. The van der Waals surface area contributed by atoms with Gasteiger partial charge in [0.15, 0.2) is 6.61 Å². The van der Waals surface area contributed by atoms with E-state index in [2.05, 4.69) is 10.3 Å². The van der Waals surface area contributed by atoms with Gasteiger partial charge in [-0.3, -0.25) is 9.59 Å². The van der Waals surface area contributed by atoms with Crippen LogP contribution in [0.2, 0.25) is 0 Å². The Labute approximate surface area is 172 Å². The number of esters is 1. The summed E-state index contributed by atoms with van der Waals surface area (Å²) >= 11 is 0. The molecule has 156 valence electrons. The molecule has 3 rings (SSSR count). The summed E-state index contributed by atoms with van der Waals surface area (Å²) in [4.78, 5) is 40.6. The smallest absolute Gasteiger partial charge is 0.338 e. The van der Waals surface area contributed by atoms with E-state index in [9.17, 15) is 18.8 Å². The summed E-state index contributed by atoms with van der Waals surface area (Å²) in [6, 6.07) is 11.0. The molecule has 0 aliphatic rings. The largest absolute Gasteiger partial charge is 0.452 e. The summed E-state index contributed by atoms with van der Waals surface area (Å²) < 4.78 is 20.2. The van der Waals surface area contributed by atoms with Crippen molar-refractivity contribution in [2.24, 2.45) is 0 Å². The predicted octanol–water partition coefficient (Wildman–Crippen LogP) is 2.38. The highest BCUT2D eigenvalue weighted by molar-refractivity contribution is 5.94. The number of nitrogens with one attached hydrogen (secondary N) is 1. The van der Waals surface area contributed by atoms with Crippen LogP contribution < -0.4 is 10.9 Å². The van der Waals surface area contributed by atoms with Gasteiger partial charge < -0.3 is 14.6 Å². The number of rotatable bonds is 7. The summed E-state index contributed by atoms with van der Waals surface area (Å²) in [6.07, 6.45) is 0.335. The van der Waals surface area contributed by atoms with Crippen LogP contribution in [0.15, 0.2) is 47.3 Å². The Hall–Kier alpha value is -3.55. The number of hydrogen-bond donors (Lipinski definition) is 1. The quantitative estimate of drug-likeness (QED) is 0.603. The number of aromatic nitrogens is 2.